The van der Waals surface area contributed by atoms with Crippen LogP contribution in [-0.4, -0.2) is 55.6 Å². The summed E-state index contributed by atoms with van der Waals surface area (Å²) in [6, 6.07) is 4.06. The number of hydrogen-bond acceptors (Lipinski definition) is 5. The molecule has 1 aromatic heterocycles. The molecular weight excluding hydrogens is 310 g/mol. The van der Waals surface area contributed by atoms with E-state index in [1.54, 1.807) is 12.1 Å². The summed E-state index contributed by atoms with van der Waals surface area (Å²) in [6.07, 6.45) is 4.75. The molecule has 3 heterocycles. The SMILES string of the molecule is O=C(NCc1ccco1)C(=O)NCC1CCN([C@H]2CCOC2)CC1. The molecule has 1 atom stereocenters. The van der Waals surface area contributed by atoms with E-state index in [2.05, 4.69) is 15.5 Å². The predicted molar refractivity (Wildman–Crippen MR) is 87.1 cm³/mol. The van der Waals surface area contributed by atoms with Gasteiger partial charge < -0.3 is 19.8 Å². The Morgan fingerprint density at radius 3 is 2.62 bits per heavy atom. The van der Waals surface area contributed by atoms with Crippen molar-refractivity contribution in [3.05, 3.63) is 24.2 Å². The summed E-state index contributed by atoms with van der Waals surface area (Å²) in [5.74, 6) is -0.134. The summed E-state index contributed by atoms with van der Waals surface area (Å²) in [5, 5.41) is 5.29. The highest BCUT2D eigenvalue weighted by Gasteiger charge is 2.28. The fourth-order valence-corrected chi connectivity index (χ4v) is 3.31. The van der Waals surface area contributed by atoms with Crippen molar-refractivity contribution < 1.29 is 18.7 Å². The smallest absolute Gasteiger partial charge is 0.309 e. The lowest BCUT2D eigenvalue weighted by molar-refractivity contribution is -0.139. The number of rotatable bonds is 5. The molecule has 3 rings (SSSR count). The maximum atomic E-state index is 11.8. The molecule has 2 amide bonds. The molecule has 7 heteroatoms. The molecule has 7 nitrogen and oxygen atoms in total. The van der Waals surface area contributed by atoms with Crippen molar-refractivity contribution >= 4 is 11.8 Å². The maximum Gasteiger partial charge on any atom is 0.309 e. The zero-order valence-electron chi connectivity index (χ0n) is 13.8. The average Bonchev–Trinajstić information content (AvgIpc) is 3.31. The van der Waals surface area contributed by atoms with Crippen LogP contribution in [0.25, 0.3) is 0 Å². The van der Waals surface area contributed by atoms with Gasteiger partial charge in [-0.05, 0) is 50.4 Å². The van der Waals surface area contributed by atoms with E-state index >= 15 is 0 Å². The van der Waals surface area contributed by atoms with Gasteiger partial charge in [0.05, 0.1) is 19.4 Å². The number of hydrogen-bond donors (Lipinski definition) is 2. The Bertz CT molecular complexity index is 532. The van der Waals surface area contributed by atoms with Crippen LogP contribution >= 0.6 is 0 Å². The van der Waals surface area contributed by atoms with Crippen LogP contribution in [0.1, 0.15) is 25.0 Å². The Labute approximate surface area is 141 Å². The first-order valence-electron chi connectivity index (χ1n) is 8.62. The van der Waals surface area contributed by atoms with Crippen LogP contribution in [0.4, 0.5) is 0 Å². The highest BCUT2D eigenvalue weighted by molar-refractivity contribution is 6.35. The van der Waals surface area contributed by atoms with Gasteiger partial charge in [0.2, 0.25) is 0 Å². The van der Waals surface area contributed by atoms with Gasteiger partial charge in [-0.25, -0.2) is 0 Å². The first-order valence-corrected chi connectivity index (χ1v) is 8.62. The van der Waals surface area contributed by atoms with Crippen LogP contribution in [0.5, 0.6) is 0 Å². The summed E-state index contributed by atoms with van der Waals surface area (Å²) in [5.41, 5.74) is 0. The highest BCUT2D eigenvalue weighted by atomic mass is 16.5. The van der Waals surface area contributed by atoms with Crippen LogP contribution in [0.3, 0.4) is 0 Å². The van der Waals surface area contributed by atoms with E-state index in [9.17, 15) is 9.59 Å². The molecular formula is C17H25N3O4. The molecule has 0 bridgehead atoms. The van der Waals surface area contributed by atoms with E-state index in [0.29, 0.717) is 24.3 Å². The minimum Gasteiger partial charge on any atom is -0.467 e. The number of piperidine rings is 1. The molecule has 1 aromatic rings. The molecule has 2 aliphatic heterocycles. The van der Waals surface area contributed by atoms with Crippen LogP contribution in [-0.2, 0) is 20.9 Å². The van der Waals surface area contributed by atoms with Gasteiger partial charge in [0.15, 0.2) is 0 Å². The normalized spacial score (nSPS) is 22.4. The van der Waals surface area contributed by atoms with Crippen molar-refractivity contribution in [2.24, 2.45) is 5.92 Å². The lowest BCUT2D eigenvalue weighted by atomic mass is 9.95. The lowest BCUT2D eigenvalue weighted by Crippen LogP contribution is -2.45. The second kappa shape index (κ2) is 8.30. The second-order valence-corrected chi connectivity index (χ2v) is 6.47. The Balaban J connectivity index is 1.32. The fourth-order valence-electron chi connectivity index (χ4n) is 3.31. The van der Waals surface area contributed by atoms with Gasteiger partial charge in [-0.2, -0.15) is 0 Å². The quantitative estimate of drug-likeness (QED) is 0.766. The van der Waals surface area contributed by atoms with Crippen LogP contribution < -0.4 is 10.6 Å². The summed E-state index contributed by atoms with van der Waals surface area (Å²) < 4.78 is 10.6. The predicted octanol–water partition coefficient (Wildman–Crippen LogP) is 0.513. The lowest BCUT2D eigenvalue weighted by Gasteiger charge is -2.35. The van der Waals surface area contributed by atoms with Crippen molar-refractivity contribution in [1.82, 2.24) is 15.5 Å². The van der Waals surface area contributed by atoms with Gasteiger partial charge >= 0.3 is 11.8 Å². The van der Waals surface area contributed by atoms with Gasteiger partial charge in [-0.1, -0.05) is 0 Å². The van der Waals surface area contributed by atoms with E-state index in [1.807, 2.05) is 0 Å². The molecule has 0 aliphatic carbocycles. The Morgan fingerprint density at radius 1 is 1.17 bits per heavy atom. The molecule has 0 spiro atoms. The van der Waals surface area contributed by atoms with Crippen molar-refractivity contribution in [3.63, 3.8) is 0 Å². The number of nitrogens with one attached hydrogen (secondary N) is 2. The third kappa shape index (κ3) is 4.58. The number of likely N-dealkylation sites (tertiary alicyclic amines) is 1. The number of furan rings is 1. The molecule has 2 aliphatic rings. The van der Waals surface area contributed by atoms with Gasteiger partial charge in [0, 0.05) is 19.2 Å². The standard InChI is InChI=1S/C17H25N3O4/c21-16(17(22)19-11-15-2-1-8-24-15)18-10-13-3-6-20(7-4-13)14-5-9-23-12-14/h1-2,8,13-14H,3-7,9-12H2,(H,18,21)(H,19,22)/t14-/m0/s1. The zero-order chi connectivity index (χ0) is 16.8. The molecule has 0 unspecified atom stereocenters. The fraction of sp³-hybridized carbons (Fsp3) is 0.647. The summed E-state index contributed by atoms with van der Waals surface area (Å²) in [6.45, 7) is 4.58. The number of carbonyl (C=O) groups is 2. The average molecular weight is 335 g/mol. The molecule has 0 radical (unpaired) electrons. The number of ether oxygens (including phenoxy) is 1. The second-order valence-electron chi connectivity index (χ2n) is 6.47. The Kier molecular flexibility index (Phi) is 5.87. The molecule has 2 N–H and O–H groups in total. The van der Waals surface area contributed by atoms with Gasteiger partial charge in [0.25, 0.3) is 0 Å². The molecule has 2 fully saturated rings. The first-order chi connectivity index (χ1) is 11.7. The van der Waals surface area contributed by atoms with E-state index in [-0.39, 0.29) is 6.54 Å². The third-order valence-electron chi connectivity index (χ3n) is 4.83. The van der Waals surface area contributed by atoms with Crippen molar-refractivity contribution in [2.45, 2.75) is 31.8 Å². The van der Waals surface area contributed by atoms with Crippen molar-refractivity contribution in [2.75, 3.05) is 32.8 Å². The summed E-state index contributed by atoms with van der Waals surface area (Å²) >= 11 is 0. The van der Waals surface area contributed by atoms with Gasteiger partial charge in [-0.15, -0.1) is 0 Å². The largest absolute Gasteiger partial charge is 0.467 e. The minimum atomic E-state index is -0.619. The van der Waals surface area contributed by atoms with Crippen LogP contribution in [0.15, 0.2) is 22.8 Å². The number of carbonyl (C=O) groups excluding carboxylic acids is 2. The van der Waals surface area contributed by atoms with E-state index in [4.69, 9.17) is 9.15 Å². The van der Waals surface area contributed by atoms with Crippen LogP contribution in [0, 0.1) is 5.92 Å². The monoisotopic (exact) mass is 335 g/mol. The van der Waals surface area contributed by atoms with Crippen LogP contribution in [0.2, 0.25) is 0 Å². The summed E-state index contributed by atoms with van der Waals surface area (Å²) in [7, 11) is 0. The molecule has 0 saturated carbocycles. The van der Waals surface area contributed by atoms with Gasteiger partial charge in [0.1, 0.15) is 5.76 Å². The van der Waals surface area contributed by atoms with Crippen molar-refractivity contribution in [3.8, 4) is 0 Å². The van der Waals surface area contributed by atoms with Crippen molar-refractivity contribution in [1.29, 1.82) is 0 Å². The molecule has 132 valence electrons. The number of nitrogens with zero attached hydrogens (tertiary/aromatic N) is 1. The Hall–Kier alpha value is -1.86. The number of amides is 2. The van der Waals surface area contributed by atoms with E-state index in [0.717, 1.165) is 45.6 Å². The summed E-state index contributed by atoms with van der Waals surface area (Å²) in [4.78, 5) is 26.1. The third-order valence-corrected chi connectivity index (χ3v) is 4.83. The minimum absolute atomic E-state index is 0.223. The first kappa shape index (κ1) is 17.0. The highest BCUT2D eigenvalue weighted by Crippen LogP contribution is 2.21. The zero-order valence-corrected chi connectivity index (χ0v) is 13.8. The molecule has 0 aromatic carbocycles. The van der Waals surface area contributed by atoms with E-state index in [1.165, 1.54) is 6.26 Å². The molecule has 24 heavy (non-hydrogen) atoms. The van der Waals surface area contributed by atoms with E-state index < -0.39 is 11.8 Å². The van der Waals surface area contributed by atoms with Gasteiger partial charge in [-0.3, -0.25) is 14.5 Å². The maximum absolute atomic E-state index is 11.8. The Morgan fingerprint density at radius 2 is 1.96 bits per heavy atom. The topological polar surface area (TPSA) is 83.8 Å². The molecule has 2 saturated heterocycles.